The summed E-state index contributed by atoms with van der Waals surface area (Å²) in [6.07, 6.45) is 7.51. The van der Waals surface area contributed by atoms with Crippen LogP contribution in [0.15, 0.2) is 42.5 Å². The van der Waals surface area contributed by atoms with Crippen LogP contribution >= 0.6 is 22.9 Å². The number of ether oxygens (including phenoxy) is 1. The zero-order chi connectivity index (χ0) is 21.1. The molecule has 2 heterocycles. The molecule has 1 aromatic carbocycles. The third-order valence-electron chi connectivity index (χ3n) is 6.14. The van der Waals surface area contributed by atoms with Gasteiger partial charge in [0.1, 0.15) is 5.75 Å². The molecule has 1 saturated carbocycles. The molecule has 3 aromatic rings. The zero-order valence-electron chi connectivity index (χ0n) is 17.5. The lowest BCUT2D eigenvalue weighted by Crippen LogP contribution is -2.26. The van der Waals surface area contributed by atoms with E-state index in [0.717, 1.165) is 41.4 Å². The quantitative estimate of drug-likeness (QED) is 0.449. The van der Waals surface area contributed by atoms with Crippen molar-refractivity contribution in [3.63, 3.8) is 0 Å². The molecule has 0 bridgehead atoms. The van der Waals surface area contributed by atoms with Gasteiger partial charge in [0.15, 0.2) is 0 Å². The Morgan fingerprint density at radius 2 is 1.93 bits per heavy atom. The van der Waals surface area contributed by atoms with E-state index in [-0.39, 0.29) is 11.3 Å². The SMILES string of the molecule is COc1ccccc1C(=O)n1nc(C2(C)CCCCC2)cc1CCc1ccc(Cl)s1. The van der Waals surface area contributed by atoms with Crippen molar-refractivity contribution >= 4 is 28.8 Å². The van der Waals surface area contributed by atoms with E-state index in [1.165, 1.54) is 24.1 Å². The fraction of sp³-hybridized carbons (Fsp3) is 0.417. The molecule has 30 heavy (non-hydrogen) atoms. The van der Waals surface area contributed by atoms with E-state index in [2.05, 4.69) is 19.1 Å². The molecule has 0 amide bonds. The van der Waals surface area contributed by atoms with Gasteiger partial charge in [0.05, 0.1) is 22.7 Å². The molecule has 0 spiro atoms. The summed E-state index contributed by atoms with van der Waals surface area (Å²) < 4.78 is 7.82. The molecule has 0 N–H and O–H groups in total. The lowest BCUT2D eigenvalue weighted by atomic mass is 9.73. The van der Waals surface area contributed by atoms with Crippen molar-refractivity contribution in [3.05, 3.63) is 68.6 Å². The van der Waals surface area contributed by atoms with Crippen LogP contribution in [0, 0.1) is 0 Å². The second-order valence-corrected chi connectivity index (χ2v) is 10.1. The van der Waals surface area contributed by atoms with Crippen molar-refractivity contribution in [2.45, 2.75) is 57.3 Å². The van der Waals surface area contributed by atoms with Crippen molar-refractivity contribution in [1.29, 1.82) is 0 Å². The van der Waals surface area contributed by atoms with E-state index in [1.807, 2.05) is 24.3 Å². The first-order valence-electron chi connectivity index (χ1n) is 10.5. The van der Waals surface area contributed by atoms with Crippen LogP contribution in [0.4, 0.5) is 0 Å². The molecule has 0 aliphatic heterocycles. The topological polar surface area (TPSA) is 44.1 Å². The molecule has 0 radical (unpaired) electrons. The Labute approximate surface area is 186 Å². The van der Waals surface area contributed by atoms with Crippen molar-refractivity contribution in [3.8, 4) is 5.75 Å². The number of nitrogens with zero attached hydrogens (tertiary/aromatic N) is 2. The van der Waals surface area contributed by atoms with E-state index in [1.54, 1.807) is 29.2 Å². The average Bonchev–Trinajstić information content (AvgIpc) is 3.38. The van der Waals surface area contributed by atoms with Crippen molar-refractivity contribution < 1.29 is 9.53 Å². The maximum Gasteiger partial charge on any atom is 0.282 e. The van der Waals surface area contributed by atoms with Crippen LogP contribution in [0.3, 0.4) is 0 Å². The molecule has 0 saturated heterocycles. The fourth-order valence-electron chi connectivity index (χ4n) is 4.33. The number of carbonyl (C=O) groups is 1. The number of carbonyl (C=O) groups excluding carboxylic acids is 1. The maximum atomic E-state index is 13.5. The van der Waals surface area contributed by atoms with Crippen molar-refractivity contribution in [2.75, 3.05) is 7.11 Å². The van der Waals surface area contributed by atoms with Crippen LogP contribution in [0.5, 0.6) is 5.75 Å². The lowest BCUT2D eigenvalue weighted by Gasteiger charge is -2.31. The fourth-order valence-corrected chi connectivity index (χ4v) is 5.42. The number of para-hydroxylation sites is 1. The van der Waals surface area contributed by atoms with Gasteiger partial charge in [-0.3, -0.25) is 4.79 Å². The average molecular weight is 443 g/mol. The molecule has 0 unspecified atom stereocenters. The molecule has 4 nitrogen and oxygen atoms in total. The molecule has 1 fully saturated rings. The predicted octanol–water partition coefficient (Wildman–Crippen LogP) is 6.30. The second-order valence-electron chi connectivity index (χ2n) is 8.27. The van der Waals surface area contributed by atoms with Gasteiger partial charge < -0.3 is 4.74 Å². The van der Waals surface area contributed by atoms with Gasteiger partial charge in [0, 0.05) is 16.0 Å². The molecule has 158 valence electrons. The van der Waals surface area contributed by atoms with E-state index in [0.29, 0.717) is 11.3 Å². The van der Waals surface area contributed by atoms with Gasteiger partial charge in [-0.25, -0.2) is 4.68 Å². The van der Waals surface area contributed by atoms with Gasteiger partial charge in [-0.05, 0) is 56.0 Å². The highest BCUT2D eigenvalue weighted by molar-refractivity contribution is 7.16. The maximum absolute atomic E-state index is 13.5. The van der Waals surface area contributed by atoms with Gasteiger partial charge in [0.2, 0.25) is 0 Å². The first kappa shape index (κ1) is 21.1. The van der Waals surface area contributed by atoms with Gasteiger partial charge in [-0.2, -0.15) is 5.10 Å². The monoisotopic (exact) mass is 442 g/mol. The number of methoxy groups -OCH3 is 1. The van der Waals surface area contributed by atoms with Crippen LogP contribution in [-0.2, 0) is 18.3 Å². The smallest absolute Gasteiger partial charge is 0.282 e. The summed E-state index contributed by atoms with van der Waals surface area (Å²) >= 11 is 7.68. The summed E-state index contributed by atoms with van der Waals surface area (Å²) in [5.41, 5.74) is 2.54. The zero-order valence-corrected chi connectivity index (χ0v) is 19.1. The van der Waals surface area contributed by atoms with Gasteiger partial charge in [-0.1, -0.05) is 49.9 Å². The molecular weight excluding hydrogens is 416 g/mol. The van der Waals surface area contributed by atoms with Crippen molar-refractivity contribution in [1.82, 2.24) is 9.78 Å². The van der Waals surface area contributed by atoms with Crippen molar-refractivity contribution in [2.24, 2.45) is 0 Å². The Morgan fingerprint density at radius 1 is 1.17 bits per heavy atom. The van der Waals surface area contributed by atoms with E-state index in [4.69, 9.17) is 21.4 Å². The molecule has 0 atom stereocenters. The summed E-state index contributed by atoms with van der Waals surface area (Å²) in [6, 6.07) is 13.5. The molecule has 4 rings (SSSR count). The lowest BCUT2D eigenvalue weighted by molar-refractivity contribution is 0.0937. The minimum absolute atomic E-state index is 0.0333. The number of hydrogen-bond donors (Lipinski definition) is 0. The number of thiophene rings is 1. The number of rotatable bonds is 6. The van der Waals surface area contributed by atoms with E-state index in [9.17, 15) is 4.79 Å². The number of aromatic nitrogens is 2. The summed E-state index contributed by atoms with van der Waals surface area (Å²) in [5.74, 6) is 0.428. The third-order valence-corrected chi connectivity index (χ3v) is 7.44. The third kappa shape index (κ3) is 4.33. The Morgan fingerprint density at radius 3 is 2.63 bits per heavy atom. The number of benzene rings is 1. The van der Waals surface area contributed by atoms with Gasteiger partial charge >= 0.3 is 0 Å². The predicted molar refractivity (Wildman–Crippen MR) is 122 cm³/mol. The Kier molecular flexibility index (Phi) is 6.30. The largest absolute Gasteiger partial charge is 0.496 e. The summed E-state index contributed by atoms with van der Waals surface area (Å²) in [7, 11) is 1.59. The van der Waals surface area contributed by atoms with E-state index >= 15 is 0 Å². The Balaban J connectivity index is 1.70. The van der Waals surface area contributed by atoms with E-state index < -0.39 is 0 Å². The van der Waals surface area contributed by atoms with Crippen LogP contribution in [0.2, 0.25) is 4.34 Å². The Hall–Kier alpha value is -2.11. The molecule has 1 aliphatic carbocycles. The second kappa shape index (κ2) is 8.94. The van der Waals surface area contributed by atoms with Gasteiger partial charge in [-0.15, -0.1) is 11.3 Å². The first-order chi connectivity index (χ1) is 14.5. The molecule has 1 aliphatic rings. The highest BCUT2D eigenvalue weighted by Crippen LogP contribution is 2.39. The number of halogens is 1. The first-order valence-corrected chi connectivity index (χ1v) is 11.7. The van der Waals surface area contributed by atoms with Crippen LogP contribution in [-0.4, -0.2) is 22.8 Å². The van der Waals surface area contributed by atoms with Crippen LogP contribution in [0.1, 0.15) is 65.7 Å². The van der Waals surface area contributed by atoms with Crippen LogP contribution in [0.25, 0.3) is 0 Å². The minimum Gasteiger partial charge on any atom is -0.496 e. The minimum atomic E-state index is -0.141. The molecular formula is C24H27ClN2O2S. The Bertz CT molecular complexity index is 1030. The molecule has 6 heteroatoms. The molecule has 2 aromatic heterocycles. The summed E-state index contributed by atoms with van der Waals surface area (Å²) in [5, 5.41) is 4.86. The van der Waals surface area contributed by atoms with Gasteiger partial charge in [0.25, 0.3) is 5.91 Å². The normalized spacial score (nSPS) is 15.8. The highest BCUT2D eigenvalue weighted by Gasteiger charge is 2.33. The number of hydrogen-bond acceptors (Lipinski definition) is 4. The standard InChI is InChI=1S/C24H27ClN2O2S/c1-24(14-6-3-7-15-24)21-16-17(10-11-18-12-13-22(25)30-18)27(26-21)23(28)19-8-4-5-9-20(19)29-2/h4-5,8-9,12-13,16H,3,6-7,10-11,14-15H2,1-2H3. The summed E-state index contributed by atoms with van der Waals surface area (Å²) in [4.78, 5) is 14.7. The number of aryl methyl sites for hydroxylation is 2. The van der Waals surface area contributed by atoms with Crippen LogP contribution < -0.4 is 4.74 Å². The summed E-state index contributed by atoms with van der Waals surface area (Å²) in [6.45, 7) is 2.29. The highest BCUT2D eigenvalue weighted by atomic mass is 35.5.